The smallest absolute Gasteiger partial charge is 0.335 e. The average Bonchev–Trinajstić information content (AvgIpc) is 2.24. The van der Waals surface area contributed by atoms with Crippen LogP contribution >= 0.6 is 0 Å². The first kappa shape index (κ1) is 12.3. The second kappa shape index (κ2) is 4.42. The van der Waals surface area contributed by atoms with Crippen LogP contribution in [0.2, 0.25) is 0 Å². The summed E-state index contributed by atoms with van der Waals surface area (Å²) in [4.78, 5) is 10.3. The van der Waals surface area contributed by atoms with Gasteiger partial charge in [-0.1, -0.05) is 0 Å². The molecule has 0 aromatic heterocycles. The number of aliphatic carboxylic acids is 1. The van der Waals surface area contributed by atoms with Crippen molar-refractivity contribution >= 4 is 5.97 Å². The quantitative estimate of drug-likeness (QED) is 0.596. The summed E-state index contributed by atoms with van der Waals surface area (Å²) in [6.07, 6.45) is -4.40. The van der Waals surface area contributed by atoms with Crippen LogP contribution in [0.3, 0.4) is 0 Å². The van der Waals surface area contributed by atoms with Crippen LogP contribution in [0.4, 0.5) is 8.78 Å². The molecule has 0 saturated heterocycles. The summed E-state index contributed by atoms with van der Waals surface area (Å²) in [6.45, 7) is 0. The normalized spacial score (nSPS) is 14.5. The number of halogens is 2. The Morgan fingerprint density at radius 1 is 1.19 bits per heavy atom. The molecule has 0 fully saturated rings. The topological polar surface area (TPSA) is 98.0 Å². The predicted molar refractivity (Wildman–Crippen MR) is 46.6 cm³/mol. The number of carboxylic acid groups (broad SMARTS) is 1. The maximum Gasteiger partial charge on any atom is 0.335 e. The molecule has 7 heteroatoms. The van der Waals surface area contributed by atoms with Gasteiger partial charge in [0, 0.05) is 5.56 Å². The second-order valence-electron chi connectivity index (χ2n) is 3.03. The van der Waals surface area contributed by atoms with Gasteiger partial charge in [0.1, 0.15) is 6.10 Å². The van der Waals surface area contributed by atoms with Crippen LogP contribution < -0.4 is 0 Å². The van der Waals surface area contributed by atoms with Gasteiger partial charge in [-0.15, -0.1) is 0 Å². The van der Waals surface area contributed by atoms with E-state index in [0.29, 0.717) is 0 Å². The Hall–Kier alpha value is -1.73. The van der Waals surface area contributed by atoms with E-state index in [4.69, 9.17) is 15.3 Å². The molecule has 0 heterocycles. The van der Waals surface area contributed by atoms with Gasteiger partial charge in [-0.05, 0) is 12.1 Å². The van der Waals surface area contributed by atoms with E-state index in [2.05, 4.69) is 0 Å². The number of carbonyl (C=O) groups is 1. The highest BCUT2D eigenvalue weighted by molar-refractivity contribution is 5.73. The monoisotopic (exact) mass is 234 g/mol. The number of phenolic OH excluding ortho intramolecular Hbond substituents is 1. The molecule has 0 aliphatic rings. The summed E-state index contributed by atoms with van der Waals surface area (Å²) in [5.41, 5.74) is -0.745. The molecule has 16 heavy (non-hydrogen) atoms. The number of phenols is 1. The van der Waals surface area contributed by atoms with Crippen LogP contribution in [0.25, 0.3) is 0 Å². The molecule has 88 valence electrons. The third-order valence-electron chi connectivity index (χ3n) is 1.96. The summed E-state index contributed by atoms with van der Waals surface area (Å²) in [5.74, 6) is -5.97. The maximum absolute atomic E-state index is 13.1. The number of rotatable bonds is 3. The van der Waals surface area contributed by atoms with Crippen molar-refractivity contribution in [2.45, 2.75) is 12.2 Å². The molecule has 2 atom stereocenters. The van der Waals surface area contributed by atoms with Gasteiger partial charge in [0.15, 0.2) is 17.7 Å². The van der Waals surface area contributed by atoms with Gasteiger partial charge >= 0.3 is 5.97 Å². The molecule has 0 spiro atoms. The van der Waals surface area contributed by atoms with E-state index in [-0.39, 0.29) is 0 Å². The Balaban J connectivity index is 3.14. The largest absolute Gasteiger partial charge is 0.505 e. The van der Waals surface area contributed by atoms with E-state index in [0.717, 1.165) is 12.1 Å². The number of aliphatic hydroxyl groups is 2. The minimum absolute atomic E-state index is 0.742. The Morgan fingerprint density at radius 3 is 2.25 bits per heavy atom. The van der Waals surface area contributed by atoms with E-state index < -0.39 is 41.1 Å². The molecule has 0 radical (unpaired) electrons. The number of aromatic hydroxyl groups is 1. The summed E-state index contributed by atoms with van der Waals surface area (Å²) in [5, 5.41) is 35.3. The van der Waals surface area contributed by atoms with Crippen molar-refractivity contribution < 1.29 is 34.0 Å². The SMILES string of the molecule is O=C(O)C(O)C(O)c1ccc(O)c(F)c1F. The second-order valence-corrected chi connectivity index (χ2v) is 3.03. The van der Waals surface area contributed by atoms with Crippen molar-refractivity contribution in [1.29, 1.82) is 0 Å². The van der Waals surface area contributed by atoms with E-state index in [1.54, 1.807) is 0 Å². The van der Waals surface area contributed by atoms with E-state index in [9.17, 15) is 18.7 Å². The first-order chi connectivity index (χ1) is 7.36. The van der Waals surface area contributed by atoms with Crippen LogP contribution in [0, 0.1) is 11.6 Å². The Morgan fingerprint density at radius 2 is 1.75 bits per heavy atom. The fourth-order valence-electron chi connectivity index (χ4n) is 1.09. The van der Waals surface area contributed by atoms with Crippen molar-refractivity contribution in [3.63, 3.8) is 0 Å². The van der Waals surface area contributed by atoms with Crippen molar-refractivity contribution in [2.24, 2.45) is 0 Å². The zero-order chi connectivity index (χ0) is 12.5. The fraction of sp³-hybridized carbons (Fsp3) is 0.222. The van der Waals surface area contributed by atoms with E-state index in [1.165, 1.54) is 0 Å². The lowest BCUT2D eigenvalue weighted by Gasteiger charge is -2.15. The van der Waals surface area contributed by atoms with Crippen molar-refractivity contribution in [3.05, 3.63) is 29.3 Å². The van der Waals surface area contributed by atoms with Gasteiger partial charge in [0.2, 0.25) is 5.82 Å². The van der Waals surface area contributed by atoms with E-state index >= 15 is 0 Å². The highest BCUT2D eigenvalue weighted by Gasteiger charge is 2.29. The predicted octanol–water partition coefficient (Wildman–Crippen LogP) is 0.149. The summed E-state index contributed by atoms with van der Waals surface area (Å²) in [7, 11) is 0. The molecule has 1 aromatic rings. The molecule has 0 saturated carbocycles. The van der Waals surface area contributed by atoms with Crippen molar-refractivity contribution in [2.75, 3.05) is 0 Å². The minimum Gasteiger partial charge on any atom is -0.505 e. The highest BCUT2D eigenvalue weighted by Crippen LogP contribution is 2.27. The molecule has 2 unspecified atom stereocenters. The summed E-state index contributed by atoms with van der Waals surface area (Å²) in [6, 6.07) is 1.52. The Bertz CT molecular complexity index is 421. The average molecular weight is 234 g/mol. The molecule has 1 aromatic carbocycles. The van der Waals surface area contributed by atoms with Crippen LogP contribution in [-0.2, 0) is 4.79 Å². The summed E-state index contributed by atoms with van der Waals surface area (Å²) < 4.78 is 26.0. The standard InChI is InChI=1S/C9H8F2O5/c10-5-3(1-2-4(12)6(5)11)7(13)8(14)9(15)16/h1-2,7-8,12-14H,(H,15,16). The lowest BCUT2D eigenvalue weighted by atomic mass is 10.0. The first-order valence-corrected chi connectivity index (χ1v) is 4.12. The molecule has 0 aliphatic carbocycles. The molecule has 0 aliphatic heterocycles. The molecule has 1 rings (SSSR count). The van der Waals surface area contributed by atoms with Gasteiger partial charge in [0.05, 0.1) is 0 Å². The lowest BCUT2D eigenvalue weighted by molar-refractivity contribution is -0.153. The third-order valence-corrected chi connectivity index (χ3v) is 1.96. The Kier molecular flexibility index (Phi) is 3.41. The van der Waals surface area contributed by atoms with Gasteiger partial charge in [-0.3, -0.25) is 0 Å². The fourth-order valence-corrected chi connectivity index (χ4v) is 1.09. The number of carboxylic acids is 1. The zero-order valence-electron chi connectivity index (χ0n) is 7.76. The highest BCUT2D eigenvalue weighted by atomic mass is 19.2. The summed E-state index contributed by atoms with van der Waals surface area (Å²) >= 11 is 0. The van der Waals surface area contributed by atoms with Gasteiger partial charge in [-0.2, -0.15) is 4.39 Å². The van der Waals surface area contributed by atoms with Crippen molar-refractivity contribution in [3.8, 4) is 5.75 Å². The van der Waals surface area contributed by atoms with Crippen LogP contribution in [-0.4, -0.2) is 32.5 Å². The number of hydrogen-bond acceptors (Lipinski definition) is 4. The van der Waals surface area contributed by atoms with Crippen LogP contribution in [0.1, 0.15) is 11.7 Å². The molecule has 0 amide bonds. The minimum atomic E-state index is -2.28. The third kappa shape index (κ3) is 2.10. The molecule has 5 nitrogen and oxygen atoms in total. The first-order valence-electron chi connectivity index (χ1n) is 4.12. The molecule has 0 bridgehead atoms. The maximum atomic E-state index is 13.1. The van der Waals surface area contributed by atoms with E-state index in [1.807, 2.05) is 0 Å². The zero-order valence-corrected chi connectivity index (χ0v) is 7.76. The molecular formula is C9H8F2O5. The van der Waals surface area contributed by atoms with Gasteiger partial charge < -0.3 is 20.4 Å². The Labute approximate surface area is 88.2 Å². The number of aliphatic hydroxyl groups excluding tert-OH is 2. The van der Waals surface area contributed by atoms with Crippen LogP contribution in [0.15, 0.2) is 12.1 Å². The van der Waals surface area contributed by atoms with Crippen LogP contribution in [0.5, 0.6) is 5.75 Å². The number of benzene rings is 1. The number of hydrogen-bond donors (Lipinski definition) is 4. The van der Waals surface area contributed by atoms with Gasteiger partial charge in [-0.25, -0.2) is 9.18 Å². The lowest BCUT2D eigenvalue weighted by Crippen LogP contribution is -2.28. The van der Waals surface area contributed by atoms with Gasteiger partial charge in [0.25, 0.3) is 0 Å². The molecule has 4 N–H and O–H groups in total. The van der Waals surface area contributed by atoms with Crippen molar-refractivity contribution in [1.82, 2.24) is 0 Å². The molecular weight excluding hydrogens is 226 g/mol.